The Morgan fingerprint density at radius 3 is 3.05 bits per heavy atom. The van der Waals surface area contributed by atoms with E-state index in [9.17, 15) is 9.18 Å². The summed E-state index contributed by atoms with van der Waals surface area (Å²) in [5.41, 5.74) is 0.822. The van der Waals surface area contributed by atoms with Gasteiger partial charge < -0.3 is 14.3 Å². The molecule has 0 unspecified atom stereocenters. The molecule has 0 aliphatic carbocycles. The lowest BCUT2D eigenvalue weighted by Crippen LogP contribution is -2.25. The number of aromatic nitrogens is 4. The van der Waals surface area contributed by atoms with Crippen LogP contribution in [-0.4, -0.2) is 31.4 Å². The molecule has 0 saturated heterocycles. The highest BCUT2D eigenvalue weighted by molar-refractivity contribution is 5.92. The topological polar surface area (TPSA) is 64.2 Å². The van der Waals surface area contributed by atoms with Gasteiger partial charge in [0.25, 0.3) is 5.91 Å². The van der Waals surface area contributed by atoms with Crippen molar-refractivity contribution in [1.29, 1.82) is 0 Å². The molecule has 0 radical (unpaired) electrons. The first-order chi connectivity index (χ1) is 10.2. The molecule has 6 nitrogen and oxygen atoms in total. The number of aryl methyl sites for hydroxylation is 1. The molecule has 0 saturated carbocycles. The van der Waals surface area contributed by atoms with Crippen molar-refractivity contribution < 1.29 is 9.18 Å². The lowest BCUT2D eigenvalue weighted by molar-refractivity contribution is 0.0948. The number of hydrogen-bond donors (Lipinski definition) is 1. The summed E-state index contributed by atoms with van der Waals surface area (Å²) in [4.78, 5) is 20.1. The highest BCUT2D eigenvalue weighted by Crippen LogP contribution is 2.06. The van der Waals surface area contributed by atoms with E-state index in [4.69, 9.17) is 0 Å². The third-order valence-corrected chi connectivity index (χ3v) is 3.09. The predicted molar refractivity (Wildman–Crippen MR) is 74.3 cm³/mol. The van der Waals surface area contributed by atoms with E-state index in [0.717, 1.165) is 13.0 Å². The maximum atomic E-state index is 13.1. The van der Waals surface area contributed by atoms with Crippen molar-refractivity contribution >= 4 is 11.6 Å². The molecule has 0 atom stereocenters. The Kier molecular flexibility index (Phi) is 3.63. The molecule has 0 aliphatic rings. The minimum absolute atomic E-state index is 0.260. The molecular formula is C14H14FN5O. The van der Waals surface area contributed by atoms with Crippen LogP contribution in [0.1, 0.15) is 16.9 Å². The molecule has 0 fully saturated rings. The van der Waals surface area contributed by atoms with Gasteiger partial charge in [0.15, 0.2) is 0 Å². The number of hydrogen-bond acceptors (Lipinski definition) is 3. The summed E-state index contributed by atoms with van der Waals surface area (Å²) in [5, 5.41) is 2.79. The molecule has 0 bridgehead atoms. The van der Waals surface area contributed by atoms with E-state index in [1.54, 1.807) is 12.5 Å². The van der Waals surface area contributed by atoms with E-state index in [-0.39, 0.29) is 17.4 Å². The van der Waals surface area contributed by atoms with Gasteiger partial charge in [0.05, 0.1) is 6.33 Å². The normalized spacial score (nSPS) is 10.9. The van der Waals surface area contributed by atoms with Crippen LogP contribution < -0.4 is 5.32 Å². The van der Waals surface area contributed by atoms with Crippen LogP contribution in [0.15, 0.2) is 43.2 Å². The summed E-state index contributed by atoms with van der Waals surface area (Å²) in [7, 11) is 0. The average Bonchev–Trinajstić information content (AvgIpc) is 3.11. The summed E-state index contributed by atoms with van der Waals surface area (Å²) >= 11 is 0. The Bertz CT molecular complexity index is 750. The highest BCUT2D eigenvalue weighted by Gasteiger charge is 2.10. The summed E-state index contributed by atoms with van der Waals surface area (Å²) in [6.07, 6.45) is 8.93. The number of fused-ring (bicyclic) bond motifs is 1. The molecule has 3 rings (SSSR count). The number of pyridine rings is 1. The van der Waals surface area contributed by atoms with Gasteiger partial charge in [-0.3, -0.25) is 4.79 Å². The lowest BCUT2D eigenvalue weighted by Gasteiger charge is -2.03. The van der Waals surface area contributed by atoms with Gasteiger partial charge in [-0.2, -0.15) is 0 Å². The van der Waals surface area contributed by atoms with E-state index in [2.05, 4.69) is 15.3 Å². The van der Waals surface area contributed by atoms with Crippen molar-refractivity contribution in [2.75, 3.05) is 6.54 Å². The predicted octanol–water partition coefficient (Wildman–Crippen LogP) is 1.49. The van der Waals surface area contributed by atoms with Crippen molar-refractivity contribution in [3.63, 3.8) is 0 Å². The first kappa shape index (κ1) is 13.3. The summed E-state index contributed by atoms with van der Waals surface area (Å²) < 4.78 is 16.5. The molecular weight excluding hydrogens is 273 g/mol. The van der Waals surface area contributed by atoms with E-state index < -0.39 is 0 Å². The molecule has 1 N–H and O–H groups in total. The number of imidazole rings is 2. The molecule has 108 valence electrons. The molecule has 3 aromatic rings. The monoisotopic (exact) mass is 287 g/mol. The Labute approximate surface area is 120 Å². The van der Waals surface area contributed by atoms with Crippen molar-refractivity contribution in [2.24, 2.45) is 0 Å². The Morgan fingerprint density at radius 1 is 1.33 bits per heavy atom. The van der Waals surface area contributed by atoms with Gasteiger partial charge in [-0.1, -0.05) is 0 Å². The molecule has 21 heavy (non-hydrogen) atoms. The fourth-order valence-corrected chi connectivity index (χ4v) is 2.05. The van der Waals surface area contributed by atoms with Crippen LogP contribution in [0.25, 0.3) is 5.65 Å². The minimum Gasteiger partial charge on any atom is -0.351 e. The molecule has 0 spiro atoms. The van der Waals surface area contributed by atoms with E-state index in [1.807, 2.05) is 10.8 Å². The molecule has 0 aliphatic heterocycles. The lowest BCUT2D eigenvalue weighted by atomic mass is 10.4. The number of nitrogens with zero attached hydrogens (tertiary/aromatic N) is 4. The Balaban J connectivity index is 1.56. The maximum Gasteiger partial charge on any atom is 0.271 e. The third-order valence-electron chi connectivity index (χ3n) is 3.09. The van der Waals surface area contributed by atoms with Crippen molar-refractivity contribution in [1.82, 2.24) is 24.3 Å². The van der Waals surface area contributed by atoms with Crippen molar-refractivity contribution in [3.8, 4) is 0 Å². The maximum absolute atomic E-state index is 13.1. The molecule has 1 amide bonds. The van der Waals surface area contributed by atoms with Crippen LogP contribution in [0.3, 0.4) is 0 Å². The van der Waals surface area contributed by atoms with Crippen LogP contribution in [-0.2, 0) is 6.54 Å². The highest BCUT2D eigenvalue weighted by atomic mass is 19.1. The summed E-state index contributed by atoms with van der Waals surface area (Å²) in [6, 6.07) is 2.85. The summed E-state index contributed by atoms with van der Waals surface area (Å²) in [6.45, 7) is 1.33. The quantitative estimate of drug-likeness (QED) is 0.723. The van der Waals surface area contributed by atoms with Crippen LogP contribution in [0.2, 0.25) is 0 Å². The van der Waals surface area contributed by atoms with Crippen molar-refractivity contribution in [3.05, 3.63) is 54.8 Å². The number of rotatable bonds is 5. The fourth-order valence-electron chi connectivity index (χ4n) is 2.05. The van der Waals surface area contributed by atoms with E-state index in [1.165, 1.54) is 28.9 Å². The minimum atomic E-state index is -0.368. The number of carbonyl (C=O) groups excluding carboxylic acids is 1. The number of halogens is 1. The smallest absolute Gasteiger partial charge is 0.271 e. The first-order valence-electron chi connectivity index (χ1n) is 6.60. The second-order valence-corrected chi connectivity index (χ2v) is 4.65. The largest absolute Gasteiger partial charge is 0.351 e. The van der Waals surface area contributed by atoms with Gasteiger partial charge in [0, 0.05) is 37.9 Å². The first-order valence-corrected chi connectivity index (χ1v) is 6.60. The SMILES string of the molecule is O=C(NCCCn1ccnc1)c1cn2cc(F)ccc2n1. The van der Waals surface area contributed by atoms with Crippen LogP contribution in [0.5, 0.6) is 0 Å². The van der Waals surface area contributed by atoms with Gasteiger partial charge in [-0.05, 0) is 18.6 Å². The second kappa shape index (κ2) is 5.74. The fraction of sp³-hybridized carbons (Fsp3) is 0.214. The van der Waals surface area contributed by atoms with Gasteiger partial charge >= 0.3 is 0 Å². The standard InChI is InChI=1S/C14H14FN5O/c15-11-2-3-13-18-12(9-20(13)8-11)14(21)17-4-1-6-19-7-5-16-10-19/h2-3,5,7-10H,1,4,6H2,(H,17,21). The van der Waals surface area contributed by atoms with Crippen molar-refractivity contribution in [2.45, 2.75) is 13.0 Å². The molecule has 7 heteroatoms. The molecule has 3 aromatic heterocycles. The van der Waals surface area contributed by atoms with Crippen LogP contribution in [0, 0.1) is 5.82 Å². The number of nitrogens with one attached hydrogen (secondary N) is 1. The molecule has 3 heterocycles. The van der Waals surface area contributed by atoms with Gasteiger partial charge in [-0.25, -0.2) is 14.4 Å². The van der Waals surface area contributed by atoms with E-state index in [0.29, 0.717) is 12.2 Å². The Morgan fingerprint density at radius 2 is 2.24 bits per heavy atom. The molecule has 0 aromatic carbocycles. The zero-order chi connectivity index (χ0) is 14.7. The zero-order valence-corrected chi connectivity index (χ0v) is 11.2. The number of amides is 1. The van der Waals surface area contributed by atoms with Gasteiger partial charge in [0.1, 0.15) is 17.2 Å². The van der Waals surface area contributed by atoms with Gasteiger partial charge in [-0.15, -0.1) is 0 Å². The van der Waals surface area contributed by atoms with Crippen LogP contribution in [0.4, 0.5) is 4.39 Å². The van der Waals surface area contributed by atoms with Crippen LogP contribution >= 0.6 is 0 Å². The van der Waals surface area contributed by atoms with E-state index >= 15 is 0 Å². The van der Waals surface area contributed by atoms with Gasteiger partial charge in [0.2, 0.25) is 0 Å². The average molecular weight is 287 g/mol. The third kappa shape index (κ3) is 3.07. The second-order valence-electron chi connectivity index (χ2n) is 4.65. The number of carbonyl (C=O) groups is 1. The Hall–Kier alpha value is -2.70. The zero-order valence-electron chi connectivity index (χ0n) is 11.2. The summed E-state index contributed by atoms with van der Waals surface area (Å²) in [5.74, 6) is -0.628.